The zero-order valence-corrected chi connectivity index (χ0v) is 10.0. The summed E-state index contributed by atoms with van der Waals surface area (Å²) in [5.74, 6) is 2.00. The van der Waals surface area contributed by atoms with Crippen molar-refractivity contribution >= 4 is 11.8 Å². The van der Waals surface area contributed by atoms with Gasteiger partial charge < -0.3 is 5.32 Å². The Hall–Kier alpha value is -1.05. The lowest BCUT2D eigenvalue weighted by molar-refractivity contribution is -0.664. The molecular weight excluding hydrogens is 218 g/mol. The standard InChI is InChI=1S/C12H15N3S/c13-7-11-1-2-12(15-8-11)16-9-10-3-5-14-6-4-10/h1-2,8,10,14H,3-6,9H2/p+1. The van der Waals surface area contributed by atoms with Gasteiger partial charge >= 0.3 is 0 Å². The van der Waals surface area contributed by atoms with E-state index >= 15 is 0 Å². The first-order valence-electron chi connectivity index (χ1n) is 5.69. The van der Waals surface area contributed by atoms with Gasteiger partial charge in [-0.05, 0) is 18.1 Å². The van der Waals surface area contributed by atoms with Crippen LogP contribution in [0.3, 0.4) is 0 Å². The van der Waals surface area contributed by atoms with Gasteiger partial charge in [0.2, 0.25) is 0 Å². The van der Waals surface area contributed by atoms with Crippen LogP contribution in [-0.2, 0) is 0 Å². The van der Waals surface area contributed by atoms with Crippen LogP contribution in [0.15, 0.2) is 23.4 Å². The van der Waals surface area contributed by atoms with Crippen LogP contribution < -0.4 is 5.32 Å². The third-order valence-electron chi connectivity index (χ3n) is 2.89. The average molecular weight is 234 g/mol. The Balaban J connectivity index is 1.82. The minimum Gasteiger partial charge on any atom is -0.346 e. The molecule has 1 aliphatic rings. The van der Waals surface area contributed by atoms with Crippen molar-refractivity contribution in [3.05, 3.63) is 23.9 Å². The van der Waals surface area contributed by atoms with Gasteiger partial charge in [-0.15, -0.1) is 11.8 Å². The Morgan fingerprint density at radius 1 is 1.44 bits per heavy atom. The Kier molecular flexibility index (Phi) is 4.20. The van der Waals surface area contributed by atoms with Crippen molar-refractivity contribution in [2.45, 2.75) is 17.9 Å². The fourth-order valence-corrected chi connectivity index (χ4v) is 2.93. The first-order chi connectivity index (χ1) is 7.88. The highest BCUT2D eigenvalue weighted by Gasteiger charge is 2.15. The van der Waals surface area contributed by atoms with E-state index in [-0.39, 0.29) is 0 Å². The average Bonchev–Trinajstić information content (AvgIpc) is 2.38. The third-order valence-corrected chi connectivity index (χ3v) is 4.07. The summed E-state index contributed by atoms with van der Waals surface area (Å²) in [4.78, 5) is 4.27. The molecule has 0 amide bonds. The van der Waals surface area contributed by atoms with Crippen LogP contribution in [0.5, 0.6) is 0 Å². The van der Waals surface area contributed by atoms with Gasteiger partial charge in [-0.3, -0.25) is 0 Å². The van der Waals surface area contributed by atoms with E-state index in [1.807, 2.05) is 23.9 Å². The molecular formula is C12H16N3S+. The van der Waals surface area contributed by atoms with E-state index < -0.39 is 0 Å². The highest BCUT2D eigenvalue weighted by molar-refractivity contribution is 7.99. The van der Waals surface area contributed by atoms with E-state index in [2.05, 4.69) is 16.4 Å². The lowest BCUT2D eigenvalue weighted by atomic mass is 10.0. The molecule has 0 radical (unpaired) electrons. The van der Waals surface area contributed by atoms with Gasteiger partial charge in [-0.1, -0.05) is 0 Å². The van der Waals surface area contributed by atoms with Crippen LogP contribution >= 0.6 is 11.8 Å². The zero-order valence-electron chi connectivity index (χ0n) is 9.22. The number of rotatable bonds is 3. The molecule has 3 nitrogen and oxygen atoms in total. The Morgan fingerprint density at radius 3 is 2.88 bits per heavy atom. The molecule has 84 valence electrons. The van der Waals surface area contributed by atoms with Gasteiger partial charge in [0, 0.05) is 24.8 Å². The van der Waals surface area contributed by atoms with Crippen molar-refractivity contribution in [1.29, 1.82) is 5.26 Å². The number of quaternary nitrogens is 1. The highest BCUT2D eigenvalue weighted by atomic mass is 32.2. The van der Waals surface area contributed by atoms with Gasteiger partial charge in [0.25, 0.3) is 0 Å². The van der Waals surface area contributed by atoms with Gasteiger partial charge in [-0.25, -0.2) is 4.98 Å². The van der Waals surface area contributed by atoms with E-state index in [0.29, 0.717) is 5.56 Å². The maximum atomic E-state index is 8.66. The normalized spacial score (nSPS) is 16.9. The number of nitrogens with zero attached hydrogens (tertiary/aromatic N) is 2. The zero-order chi connectivity index (χ0) is 11.2. The number of nitrogens with two attached hydrogens (primary N) is 1. The molecule has 4 heteroatoms. The van der Waals surface area contributed by atoms with E-state index in [4.69, 9.17) is 5.26 Å². The number of thioether (sulfide) groups is 1. The largest absolute Gasteiger partial charge is 0.346 e. The molecule has 2 heterocycles. The summed E-state index contributed by atoms with van der Waals surface area (Å²) in [6.45, 7) is 2.54. The molecule has 1 saturated heterocycles. The molecule has 16 heavy (non-hydrogen) atoms. The lowest BCUT2D eigenvalue weighted by Gasteiger charge is -2.19. The molecule has 0 aromatic carbocycles. The van der Waals surface area contributed by atoms with Crippen molar-refractivity contribution in [1.82, 2.24) is 4.98 Å². The van der Waals surface area contributed by atoms with Crippen LogP contribution in [0, 0.1) is 17.2 Å². The van der Waals surface area contributed by atoms with E-state index in [1.165, 1.54) is 25.9 Å². The van der Waals surface area contributed by atoms with E-state index in [0.717, 1.165) is 16.7 Å². The molecule has 0 aliphatic carbocycles. The van der Waals surface area contributed by atoms with Gasteiger partial charge in [0.05, 0.1) is 23.7 Å². The van der Waals surface area contributed by atoms with Crippen LogP contribution in [0.2, 0.25) is 0 Å². The second-order valence-corrected chi connectivity index (χ2v) is 5.16. The molecule has 0 spiro atoms. The molecule has 1 aromatic heterocycles. The minimum absolute atomic E-state index is 0.636. The van der Waals surface area contributed by atoms with E-state index in [1.54, 1.807) is 6.20 Å². The molecule has 0 atom stereocenters. The molecule has 1 aromatic rings. The van der Waals surface area contributed by atoms with Crippen molar-refractivity contribution in [3.63, 3.8) is 0 Å². The predicted molar refractivity (Wildman–Crippen MR) is 64.1 cm³/mol. The summed E-state index contributed by atoms with van der Waals surface area (Å²) < 4.78 is 0. The number of piperidine rings is 1. The molecule has 1 aliphatic heterocycles. The fourth-order valence-electron chi connectivity index (χ4n) is 1.90. The summed E-state index contributed by atoms with van der Waals surface area (Å²) in [5, 5.41) is 12.1. The van der Waals surface area contributed by atoms with Crippen LogP contribution in [0.25, 0.3) is 0 Å². The summed E-state index contributed by atoms with van der Waals surface area (Å²) >= 11 is 1.81. The summed E-state index contributed by atoms with van der Waals surface area (Å²) in [6.07, 6.45) is 4.30. The summed E-state index contributed by atoms with van der Waals surface area (Å²) in [5.41, 5.74) is 0.636. The lowest BCUT2D eigenvalue weighted by Crippen LogP contribution is -2.86. The van der Waals surface area contributed by atoms with Gasteiger partial charge in [0.1, 0.15) is 6.07 Å². The molecule has 2 rings (SSSR count). The monoisotopic (exact) mass is 234 g/mol. The molecule has 1 fully saturated rings. The number of aromatic nitrogens is 1. The molecule has 0 unspecified atom stereocenters. The van der Waals surface area contributed by atoms with Gasteiger partial charge in [0.15, 0.2) is 0 Å². The van der Waals surface area contributed by atoms with Crippen molar-refractivity contribution in [2.75, 3.05) is 18.8 Å². The van der Waals surface area contributed by atoms with Crippen molar-refractivity contribution < 1.29 is 5.32 Å². The quantitative estimate of drug-likeness (QED) is 0.794. The first kappa shape index (κ1) is 11.4. The topological polar surface area (TPSA) is 53.3 Å². The number of nitriles is 1. The summed E-state index contributed by atoms with van der Waals surface area (Å²) in [7, 11) is 0. The Morgan fingerprint density at radius 2 is 2.25 bits per heavy atom. The predicted octanol–water partition coefficient (Wildman–Crippen LogP) is 1.02. The number of pyridine rings is 1. The molecule has 2 N–H and O–H groups in total. The fraction of sp³-hybridized carbons (Fsp3) is 0.500. The van der Waals surface area contributed by atoms with Crippen LogP contribution in [0.4, 0.5) is 0 Å². The molecule has 0 saturated carbocycles. The highest BCUT2D eigenvalue weighted by Crippen LogP contribution is 2.22. The number of hydrogen-bond donors (Lipinski definition) is 1. The Labute approximate surface area is 100 Å². The van der Waals surface area contributed by atoms with Gasteiger partial charge in [-0.2, -0.15) is 5.26 Å². The second-order valence-electron chi connectivity index (χ2n) is 4.12. The number of hydrogen-bond acceptors (Lipinski definition) is 3. The van der Waals surface area contributed by atoms with Crippen LogP contribution in [0.1, 0.15) is 18.4 Å². The smallest absolute Gasteiger partial charge is 0.101 e. The maximum Gasteiger partial charge on any atom is 0.101 e. The summed E-state index contributed by atoms with van der Waals surface area (Å²) in [6, 6.07) is 5.86. The SMILES string of the molecule is N#Cc1ccc(SCC2CC[NH2+]CC2)nc1. The van der Waals surface area contributed by atoms with Crippen LogP contribution in [-0.4, -0.2) is 23.8 Å². The van der Waals surface area contributed by atoms with Crippen molar-refractivity contribution in [3.8, 4) is 6.07 Å². The van der Waals surface area contributed by atoms with E-state index in [9.17, 15) is 0 Å². The second kappa shape index (κ2) is 5.88. The maximum absolute atomic E-state index is 8.66. The Bertz CT molecular complexity index is 363. The minimum atomic E-state index is 0.636. The third kappa shape index (κ3) is 3.22. The first-order valence-corrected chi connectivity index (χ1v) is 6.67. The van der Waals surface area contributed by atoms with Crippen molar-refractivity contribution in [2.24, 2.45) is 5.92 Å². The molecule has 0 bridgehead atoms.